The monoisotopic (exact) mass is 574 g/mol. The maximum atomic E-state index is 14.0. The minimum atomic E-state index is -0.0242. The van der Waals surface area contributed by atoms with Crippen LogP contribution < -0.4 is 5.56 Å². The van der Waals surface area contributed by atoms with Crippen molar-refractivity contribution in [1.29, 1.82) is 0 Å². The van der Waals surface area contributed by atoms with Crippen LogP contribution in [0.3, 0.4) is 0 Å². The van der Waals surface area contributed by atoms with E-state index in [2.05, 4.69) is 108 Å². The van der Waals surface area contributed by atoms with Gasteiger partial charge in [0.15, 0.2) is 0 Å². The van der Waals surface area contributed by atoms with Gasteiger partial charge >= 0.3 is 0 Å². The number of hydrogen-bond donors (Lipinski definition) is 0. The molecule has 0 atom stereocenters. The summed E-state index contributed by atoms with van der Waals surface area (Å²) in [6.07, 6.45) is 3.63. The molecule has 0 aliphatic carbocycles. The Hall–Kier alpha value is -6.06. The molecule has 9 rings (SSSR count). The van der Waals surface area contributed by atoms with E-state index in [4.69, 9.17) is 0 Å². The lowest BCUT2D eigenvalue weighted by Gasteiger charge is -2.16. The number of nitrogens with zero attached hydrogens (tertiary/aromatic N) is 2. The summed E-state index contributed by atoms with van der Waals surface area (Å²) >= 11 is 0. The Labute approximate surface area is 259 Å². The first-order valence-electron chi connectivity index (χ1n) is 15.2. The molecule has 0 aliphatic rings. The zero-order valence-electron chi connectivity index (χ0n) is 24.3. The summed E-state index contributed by atoms with van der Waals surface area (Å²) < 4.78 is 1.84. The van der Waals surface area contributed by atoms with Gasteiger partial charge in [0.2, 0.25) is 0 Å². The summed E-state index contributed by atoms with van der Waals surface area (Å²) in [5.41, 5.74) is 6.09. The van der Waals surface area contributed by atoms with Crippen LogP contribution in [0.4, 0.5) is 0 Å². The summed E-state index contributed by atoms with van der Waals surface area (Å²) in [7, 11) is 0. The first-order valence-corrected chi connectivity index (χ1v) is 15.2. The van der Waals surface area contributed by atoms with E-state index in [1.165, 1.54) is 37.9 Å². The molecule has 0 spiro atoms. The van der Waals surface area contributed by atoms with Crippen molar-refractivity contribution in [3.8, 4) is 27.9 Å². The highest BCUT2D eigenvalue weighted by Crippen LogP contribution is 2.37. The normalized spacial score (nSPS) is 11.6. The largest absolute Gasteiger partial charge is 0.276 e. The molecule has 0 N–H and O–H groups in total. The van der Waals surface area contributed by atoms with Crippen molar-refractivity contribution in [3.63, 3.8) is 0 Å². The Balaban J connectivity index is 1.26. The van der Waals surface area contributed by atoms with Crippen molar-refractivity contribution in [2.24, 2.45) is 0 Å². The summed E-state index contributed by atoms with van der Waals surface area (Å²) in [4.78, 5) is 18.3. The Bertz CT molecular complexity index is 2650. The lowest BCUT2D eigenvalue weighted by molar-refractivity contribution is 1.06. The van der Waals surface area contributed by atoms with Crippen molar-refractivity contribution in [2.45, 2.75) is 0 Å². The SMILES string of the molecule is O=c1c2ccccc2c2cc(-c3cccc4c3ccc3cc5ccccc5cc34)ccc2n1-c1ccc(-c2cccnc2)cc1. The van der Waals surface area contributed by atoms with Gasteiger partial charge in [-0.1, -0.05) is 97.1 Å². The maximum Gasteiger partial charge on any atom is 0.263 e. The topological polar surface area (TPSA) is 34.9 Å². The molecule has 0 bridgehead atoms. The fraction of sp³-hybridized carbons (Fsp3) is 0. The minimum absolute atomic E-state index is 0.0242. The van der Waals surface area contributed by atoms with Crippen LogP contribution in [-0.4, -0.2) is 9.55 Å². The van der Waals surface area contributed by atoms with Crippen molar-refractivity contribution in [2.75, 3.05) is 0 Å². The number of hydrogen-bond acceptors (Lipinski definition) is 2. The third-order valence-electron chi connectivity index (χ3n) is 9.06. The van der Waals surface area contributed by atoms with Crippen LogP contribution >= 0.6 is 0 Å². The minimum Gasteiger partial charge on any atom is -0.276 e. The second-order valence-electron chi connectivity index (χ2n) is 11.6. The molecular formula is C42H26N2O. The van der Waals surface area contributed by atoms with Gasteiger partial charge in [-0.15, -0.1) is 0 Å². The molecule has 2 aromatic heterocycles. The molecule has 0 unspecified atom stereocenters. The molecule has 0 aliphatic heterocycles. The van der Waals surface area contributed by atoms with Gasteiger partial charge < -0.3 is 0 Å². The van der Waals surface area contributed by atoms with Gasteiger partial charge in [-0.05, 0) is 108 Å². The molecule has 45 heavy (non-hydrogen) atoms. The molecule has 0 saturated carbocycles. The number of fused-ring (bicyclic) bond motifs is 7. The summed E-state index contributed by atoms with van der Waals surface area (Å²) in [5, 5.41) is 10.1. The van der Waals surface area contributed by atoms with Crippen LogP contribution in [0.25, 0.3) is 81.9 Å². The molecule has 0 fully saturated rings. The molecule has 0 radical (unpaired) electrons. The highest BCUT2D eigenvalue weighted by Gasteiger charge is 2.15. The van der Waals surface area contributed by atoms with Crippen molar-refractivity contribution >= 4 is 54.0 Å². The molecule has 7 aromatic carbocycles. The standard InChI is InChI=1S/C42H26N2O/c45-42-38-11-4-3-10-36(38)40-25-31(17-21-41(40)44(42)33-18-14-27(15-19-33)32-9-6-22-43-26-32)34-12-5-13-35-37(34)20-16-30-23-28-7-1-2-8-29(28)24-39(30)35/h1-26H. The van der Waals surface area contributed by atoms with Gasteiger partial charge in [-0.2, -0.15) is 0 Å². The van der Waals surface area contributed by atoms with Gasteiger partial charge in [0.05, 0.1) is 5.52 Å². The van der Waals surface area contributed by atoms with Crippen molar-refractivity contribution in [3.05, 3.63) is 168 Å². The Kier molecular flexibility index (Phi) is 5.66. The van der Waals surface area contributed by atoms with E-state index >= 15 is 0 Å². The smallest absolute Gasteiger partial charge is 0.263 e. The van der Waals surface area contributed by atoms with E-state index in [0.29, 0.717) is 5.39 Å². The van der Waals surface area contributed by atoms with Crippen LogP contribution in [0.1, 0.15) is 0 Å². The Morgan fingerprint density at radius 3 is 2.00 bits per heavy atom. The van der Waals surface area contributed by atoms with Gasteiger partial charge in [0.25, 0.3) is 5.56 Å². The van der Waals surface area contributed by atoms with Crippen molar-refractivity contribution in [1.82, 2.24) is 9.55 Å². The predicted molar refractivity (Wildman–Crippen MR) is 188 cm³/mol. The fourth-order valence-corrected chi connectivity index (χ4v) is 6.87. The molecule has 0 saturated heterocycles. The number of rotatable bonds is 3. The van der Waals surface area contributed by atoms with Gasteiger partial charge in [0.1, 0.15) is 0 Å². The summed E-state index contributed by atoms with van der Waals surface area (Å²) in [6.45, 7) is 0. The van der Waals surface area contributed by atoms with Crippen LogP contribution in [0, 0.1) is 0 Å². The highest BCUT2D eigenvalue weighted by molar-refractivity contribution is 6.16. The number of benzene rings is 7. The maximum absolute atomic E-state index is 14.0. The van der Waals surface area contributed by atoms with E-state index < -0.39 is 0 Å². The first kappa shape index (κ1) is 25.4. The predicted octanol–water partition coefficient (Wildman–Crippen LogP) is 10.3. The fourth-order valence-electron chi connectivity index (χ4n) is 6.87. The zero-order chi connectivity index (χ0) is 29.9. The third kappa shape index (κ3) is 4.05. The van der Waals surface area contributed by atoms with E-state index in [9.17, 15) is 4.79 Å². The Morgan fingerprint density at radius 2 is 1.18 bits per heavy atom. The lowest BCUT2D eigenvalue weighted by Crippen LogP contribution is -2.19. The van der Waals surface area contributed by atoms with Crippen molar-refractivity contribution < 1.29 is 0 Å². The molecule has 2 heterocycles. The second kappa shape index (κ2) is 10.0. The highest BCUT2D eigenvalue weighted by atomic mass is 16.1. The number of aromatic nitrogens is 2. The zero-order valence-corrected chi connectivity index (χ0v) is 24.3. The van der Waals surface area contributed by atoms with Gasteiger partial charge in [-0.3, -0.25) is 14.3 Å². The second-order valence-corrected chi connectivity index (χ2v) is 11.6. The third-order valence-corrected chi connectivity index (χ3v) is 9.06. The number of pyridine rings is 2. The van der Waals surface area contributed by atoms with Crippen LogP contribution in [0.5, 0.6) is 0 Å². The average Bonchev–Trinajstić information content (AvgIpc) is 3.11. The van der Waals surface area contributed by atoms with Gasteiger partial charge in [-0.25, -0.2) is 0 Å². The van der Waals surface area contributed by atoms with Crippen LogP contribution in [0.2, 0.25) is 0 Å². The molecule has 9 aromatic rings. The molecule has 3 nitrogen and oxygen atoms in total. The first-order chi connectivity index (χ1) is 22.2. The van der Waals surface area contributed by atoms with E-state index in [1.807, 2.05) is 53.2 Å². The quantitative estimate of drug-likeness (QED) is 0.155. The summed E-state index contributed by atoms with van der Waals surface area (Å²) in [5.74, 6) is 0. The average molecular weight is 575 g/mol. The molecule has 0 amide bonds. The molecule has 3 heteroatoms. The summed E-state index contributed by atoms with van der Waals surface area (Å²) in [6, 6.07) is 50.7. The Morgan fingerprint density at radius 1 is 0.444 bits per heavy atom. The van der Waals surface area contributed by atoms with E-state index in [-0.39, 0.29) is 5.56 Å². The van der Waals surface area contributed by atoms with E-state index in [0.717, 1.165) is 38.7 Å². The van der Waals surface area contributed by atoms with Gasteiger partial charge in [0, 0.05) is 28.9 Å². The van der Waals surface area contributed by atoms with Crippen LogP contribution in [-0.2, 0) is 0 Å². The van der Waals surface area contributed by atoms with Crippen LogP contribution in [0.15, 0.2) is 163 Å². The lowest BCUT2D eigenvalue weighted by atomic mass is 9.92. The molecule has 210 valence electrons. The molecular weight excluding hydrogens is 548 g/mol. The van der Waals surface area contributed by atoms with E-state index in [1.54, 1.807) is 6.20 Å².